The number of carbonyl (C=O) groups excluding carboxylic acids is 1. The third kappa shape index (κ3) is 4.50. The third-order valence-corrected chi connectivity index (χ3v) is 4.87. The predicted octanol–water partition coefficient (Wildman–Crippen LogP) is 1.99. The van der Waals surface area contributed by atoms with Crippen LogP contribution in [0.25, 0.3) is 0 Å². The van der Waals surface area contributed by atoms with E-state index in [0.29, 0.717) is 49.9 Å². The maximum atomic E-state index is 14.4. The molecule has 0 aliphatic carbocycles. The Morgan fingerprint density at radius 1 is 1.28 bits per heavy atom. The SMILES string of the molecule is CC(C)CNC(=O)C(C)(C)N1CCN(c2cccc(CO)c2F)CC1. The average molecular weight is 351 g/mol. The molecule has 0 atom stereocenters. The lowest BCUT2D eigenvalue weighted by molar-refractivity contribution is -0.132. The van der Waals surface area contributed by atoms with Crippen molar-refractivity contribution in [3.8, 4) is 0 Å². The molecule has 1 aliphatic rings. The van der Waals surface area contributed by atoms with Gasteiger partial charge in [0.25, 0.3) is 0 Å². The summed E-state index contributed by atoms with van der Waals surface area (Å²) < 4.78 is 14.4. The van der Waals surface area contributed by atoms with E-state index >= 15 is 0 Å². The summed E-state index contributed by atoms with van der Waals surface area (Å²) >= 11 is 0. The number of nitrogens with one attached hydrogen (secondary N) is 1. The van der Waals surface area contributed by atoms with E-state index in [-0.39, 0.29) is 18.3 Å². The van der Waals surface area contributed by atoms with Gasteiger partial charge < -0.3 is 15.3 Å². The highest BCUT2D eigenvalue weighted by Gasteiger charge is 2.36. The van der Waals surface area contributed by atoms with Crippen LogP contribution in [0.4, 0.5) is 10.1 Å². The van der Waals surface area contributed by atoms with Gasteiger partial charge in [0.1, 0.15) is 0 Å². The molecular formula is C19H30FN3O2. The minimum atomic E-state index is -0.591. The highest BCUT2D eigenvalue weighted by molar-refractivity contribution is 5.85. The van der Waals surface area contributed by atoms with Crippen molar-refractivity contribution in [1.29, 1.82) is 0 Å². The standard InChI is InChI=1S/C19H30FN3O2/c1-14(2)12-21-18(25)19(3,4)23-10-8-22(9-11-23)16-7-5-6-15(13-24)17(16)20/h5-7,14,24H,8-13H2,1-4H3,(H,21,25). The van der Waals surface area contributed by atoms with Gasteiger partial charge in [-0.3, -0.25) is 9.69 Å². The number of carbonyl (C=O) groups is 1. The van der Waals surface area contributed by atoms with Crippen LogP contribution in [0, 0.1) is 11.7 Å². The molecule has 1 amide bonds. The van der Waals surface area contributed by atoms with E-state index in [2.05, 4.69) is 24.1 Å². The molecule has 1 aromatic carbocycles. The van der Waals surface area contributed by atoms with E-state index < -0.39 is 5.54 Å². The summed E-state index contributed by atoms with van der Waals surface area (Å²) in [6.07, 6.45) is 0. The molecule has 2 rings (SSSR count). The number of hydrogen-bond donors (Lipinski definition) is 2. The first-order valence-corrected chi connectivity index (χ1v) is 8.94. The van der Waals surface area contributed by atoms with Gasteiger partial charge in [0.2, 0.25) is 5.91 Å². The number of anilines is 1. The zero-order valence-corrected chi connectivity index (χ0v) is 15.7. The fourth-order valence-corrected chi connectivity index (χ4v) is 3.10. The summed E-state index contributed by atoms with van der Waals surface area (Å²) in [4.78, 5) is 16.6. The van der Waals surface area contributed by atoms with E-state index in [1.165, 1.54) is 0 Å². The first-order chi connectivity index (χ1) is 11.8. The highest BCUT2D eigenvalue weighted by Crippen LogP contribution is 2.25. The Balaban J connectivity index is 2.00. The second-order valence-corrected chi connectivity index (χ2v) is 7.55. The number of hydrogen-bond acceptors (Lipinski definition) is 4. The summed E-state index contributed by atoms with van der Waals surface area (Å²) in [5.41, 5.74) is 0.244. The van der Waals surface area contributed by atoms with Gasteiger partial charge in [-0.1, -0.05) is 26.0 Å². The van der Waals surface area contributed by atoms with E-state index in [9.17, 15) is 14.3 Å². The van der Waals surface area contributed by atoms with Crippen LogP contribution in [0.1, 0.15) is 33.3 Å². The summed E-state index contributed by atoms with van der Waals surface area (Å²) in [5.74, 6) is 0.0915. The van der Waals surface area contributed by atoms with Gasteiger partial charge in [0, 0.05) is 38.3 Å². The van der Waals surface area contributed by atoms with Gasteiger partial charge in [-0.25, -0.2) is 4.39 Å². The molecule has 140 valence electrons. The van der Waals surface area contributed by atoms with Crippen LogP contribution in [0.15, 0.2) is 18.2 Å². The third-order valence-electron chi connectivity index (χ3n) is 4.87. The number of amides is 1. The molecule has 6 heteroatoms. The van der Waals surface area contributed by atoms with Crippen LogP contribution in [0.2, 0.25) is 0 Å². The highest BCUT2D eigenvalue weighted by atomic mass is 19.1. The summed E-state index contributed by atoms with van der Waals surface area (Å²) in [6, 6.07) is 5.10. The van der Waals surface area contributed by atoms with Crippen LogP contribution < -0.4 is 10.2 Å². The fourth-order valence-electron chi connectivity index (χ4n) is 3.10. The Hall–Kier alpha value is -1.66. The minimum Gasteiger partial charge on any atom is -0.392 e. The Bertz CT molecular complexity index is 596. The van der Waals surface area contributed by atoms with Crippen LogP contribution in [-0.2, 0) is 11.4 Å². The molecule has 25 heavy (non-hydrogen) atoms. The summed E-state index contributed by atoms with van der Waals surface area (Å²) in [6.45, 7) is 11.0. The van der Waals surface area contributed by atoms with E-state index in [1.54, 1.807) is 18.2 Å². The van der Waals surface area contributed by atoms with Crippen molar-refractivity contribution in [3.05, 3.63) is 29.6 Å². The molecule has 1 fully saturated rings. The maximum Gasteiger partial charge on any atom is 0.239 e. The van der Waals surface area contributed by atoms with Gasteiger partial charge in [0.15, 0.2) is 5.82 Å². The molecule has 0 unspecified atom stereocenters. The van der Waals surface area contributed by atoms with Crippen molar-refractivity contribution in [2.24, 2.45) is 5.92 Å². The Morgan fingerprint density at radius 2 is 1.92 bits per heavy atom. The van der Waals surface area contributed by atoms with E-state index in [0.717, 1.165) is 0 Å². The largest absolute Gasteiger partial charge is 0.392 e. The van der Waals surface area contributed by atoms with Crippen molar-refractivity contribution in [1.82, 2.24) is 10.2 Å². The van der Waals surface area contributed by atoms with Gasteiger partial charge in [-0.2, -0.15) is 0 Å². The second kappa shape index (κ2) is 8.15. The number of halogens is 1. The molecule has 2 N–H and O–H groups in total. The van der Waals surface area contributed by atoms with Crippen LogP contribution >= 0.6 is 0 Å². The molecule has 1 heterocycles. The van der Waals surface area contributed by atoms with Gasteiger partial charge in [0.05, 0.1) is 17.8 Å². The quantitative estimate of drug-likeness (QED) is 0.823. The fraction of sp³-hybridized carbons (Fsp3) is 0.632. The maximum absolute atomic E-state index is 14.4. The lowest BCUT2D eigenvalue weighted by Gasteiger charge is -2.43. The van der Waals surface area contributed by atoms with Gasteiger partial charge >= 0.3 is 0 Å². The first-order valence-electron chi connectivity index (χ1n) is 8.94. The normalized spacial score (nSPS) is 16.4. The van der Waals surface area contributed by atoms with Crippen molar-refractivity contribution in [2.75, 3.05) is 37.6 Å². The molecule has 5 nitrogen and oxygen atoms in total. The monoisotopic (exact) mass is 351 g/mol. The number of nitrogens with zero attached hydrogens (tertiary/aromatic N) is 2. The molecule has 0 spiro atoms. The van der Waals surface area contributed by atoms with Crippen molar-refractivity contribution in [2.45, 2.75) is 39.8 Å². The second-order valence-electron chi connectivity index (χ2n) is 7.55. The number of benzene rings is 1. The van der Waals surface area contributed by atoms with E-state index in [1.807, 2.05) is 18.7 Å². The van der Waals surface area contributed by atoms with Gasteiger partial charge in [-0.15, -0.1) is 0 Å². The predicted molar refractivity (Wildman–Crippen MR) is 98.0 cm³/mol. The summed E-state index contributed by atoms with van der Waals surface area (Å²) in [7, 11) is 0. The molecule has 0 radical (unpaired) electrons. The number of aliphatic hydroxyl groups is 1. The molecule has 0 aromatic heterocycles. The van der Waals surface area contributed by atoms with Crippen LogP contribution in [0.5, 0.6) is 0 Å². The number of rotatable bonds is 6. The Kier molecular flexibility index (Phi) is 6.41. The van der Waals surface area contributed by atoms with Gasteiger partial charge in [-0.05, 0) is 25.8 Å². The van der Waals surface area contributed by atoms with E-state index in [4.69, 9.17) is 0 Å². The van der Waals surface area contributed by atoms with Crippen molar-refractivity contribution < 1.29 is 14.3 Å². The molecule has 1 aliphatic heterocycles. The zero-order valence-electron chi connectivity index (χ0n) is 15.7. The van der Waals surface area contributed by atoms with Crippen molar-refractivity contribution >= 4 is 11.6 Å². The topological polar surface area (TPSA) is 55.8 Å². The number of aliphatic hydroxyl groups excluding tert-OH is 1. The Morgan fingerprint density at radius 3 is 2.48 bits per heavy atom. The molecule has 1 aromatic rings. The molecule has 1 saturated heterocycles. The summed E-state index contributed by atoms with van der Waals surface area (Å²) in [5, 5.41) is 12.2. The molecular weight excluding hydrogens is 321 g/mol. The molecule has 0 saturated carbocycles. The molecule has 0 bridgehead atoms. The van der Waals surface area contributed by atoms with Crippen molar-refractivity contribution in [3.63, 3.8) is 0 Å². The Labute approximate surface area is 149 Å². The first kappa shape index (κ1) is 19.7. The minimum absolute atomic E-state index is 0.0307. The van der Waals surface area contributed by atoms with Crippen LogP contribution in [-0.4, -0.2) is 54.2 Å². The average Bonchev–Trinajstić information content (AvgIpc) is 2.60. The lowest BCUT2D eigenvalue weighted by Crippen LogP contribution is -2.61. The smallest absolute Gasteiger partial charge is 0.239 e. The lowest BCUT2D eigenvalue weighted by atomic mass is 9.99. The van der Waals surface area contributed by atoms with Crippen LogP contribution in [0.3, 0.4) is 0 Å². The number of piperazine rings is 1. The zero-order chi connectivity index (χ0) is 18.6.